The van der Waals surface area contributed by atoms with E-state index in [4.69, 9.17) is 4.99 Å². The van der Waals surface area contributed by atoms with Gasteiger partial charge >= 0.3 is 0 Å². The van der Waals surface area contributed by atoms with Crippen LogP contribution >= 0.6 is 24.0 Å². The van der Waals surface area contributed by atoms with Gasteiger partial charge < -0.3 is 10.2 Å². The second-order valence-electron chi connectivity index (χ2n) is 5.57. The molecule has 0 aliphatic carbocycles. The number of rotatable bonds is 7. The van der Waals surface area contributed by atoms with E-state index < -0.39 is 0 Å². The van der Waals surface area contributed by atoms with Gasteiger partial charge in [0.15, 0.2) is 5.96 Å². The van der Waals surface area contributed by atoms with E-state index in [9.17, 15) is 0 Å². The van der Waals surface area contributed by atoms with Gasteiger partial charge in [-0.1, -0.05) is 31.5 Å². The summed E-state index contributed by atoms with van der Waals surface area (Å²) in [5, 5.41) is 7.77. The van der Waals surface area contributed by atoms with Crippen LogP contribution in [-0.4, -0.2) is 40.8 Å². The van der Waals surface area contributed by atoms with Crippen LogP contribution in [0.3, 0.4) is 0 Å². The molecule has 0 radical (unpaired) electrons. The Balaban J connectivity index is 0.00000288. The average molecular weight is 441 g/mol. The monoisotopic (exact) mass is 441 g/mol. The number of hydrogen-bond acceptors (Lipinski definition) is 2. The van der Waals surface area contributed by atoms with Crippen molar-refractivity contribution in [3.63, 3.8) is 0 Å². The second kappa shape index (κ2) is 11.1. The fourth-order valence-electron chi connectivity index (χ4n) is 2.30. The van der Waals surface area contributed by atoms with Crippen LogP contribution in [0.1, 0.15) is 32.3 Å². The molecule has 1 heterocycles. The zero-order valence-electron chi connectivity index (χ0n) is 14.8. The predicted octanol–water partition coefficient (Wildman–Crippen LogP) is 3.69. The van der Waals surface area contributed by atoms with E-state index in [-0.39, 0.29) is 24.0 Å². The Labute approximate surface area is 162 Å². The summed E-state index contributed by atoms with van der Waals surface area (Å²) in [5.41, 5.74) is 2.17. The molecule has 5 nitrogen and oxygen atoms in total. The normalized spacial score (nSPS) is 11.0. The minimum atomic E-state index is 0. The van der Waals surface area contributed by atoms with Gasteiger partial charge in [0.05, 0.1) is 18.4 Å². The molecule has 0 unspecified atom stereocenters. The SMILES string of the molecule is CCCCN(C)C(=NCc1cnn(-c2ccccc2)c1)NCC.I. The lowest BCUT2D eigenvalue weighted by Gasteiger charge is -2.21. The van der Waals surface area contributed by atoms with Gasteiger partial charge in [-0.05, 0) is 25.5 Å². The first-order chi connectivity index (χ1) is 11.2. The molecular weight excluding hydrogens is 413 g/mol. The molecule has 0 spiro atoms. The Kier molecular flexibility index (Phi) is 9.44. The molecule has 0 atom stereocenters. The Bertz CT molecular complexity index is 609. The average Bonchev–Trinajstić information content (AvgIpc) is 3.06. The molecule has 0 amide bonds. The second-order valence-corrected chi connectivity index (χ2v) is 5.57. The van der Waals surface area contributed by atoms with Crippen molar-refractivity contribution in [2.24, 2.45) is 4.99 Å². The van der Waals surface area contributed by atoms with Gasteiger partial charge in [0, 0.05) is 31.9 Å². The standard InChI is InChI=1S/C18H27N5.HI/c1-4-6-12-22(3)18(19-5-2)20-13-16-14-21-23(15-16)17-10-8-7-9-11-17;/h7-11,14-15H,4-6,12-13H2,1-3H3,(H,19,20);1H. The van der Waals surface area contributed by atoms with Crippen LogP contribution in [0.4, 0.5) is 0 Å². The molecule has 6 heteroatoms. The summed E-state index contributed by atoms with van der Waals surface area (Å²) in [7, 11) is 2.09. The first kappa shape index (κ1) is 20.5. The van der Waals surface area contributed by atoms with E-state index in [2.05, 4.69) is 36.2 Å². The van der Waals surface area contributed by atoms with Gasteiger partial charge in [-0.25, -0.2) is 9.67 Å². The fraction of sp³-hybridized carbons (Fsp3) is 0.444. The highest BCUT2D eigenvalue weighted by Crippen LogP contribution is 2.08. The third kappa shape index (κ3) is 6.14. The highest BCUT2D eigenvalue weighted by atomic mass is 127. The number of halogens is 1. The number of unbranched alkanes of at least 4 members (excludes halogenated alkanes) is 1. The van der Waals surface area contributed by atoms with E-state index >= 15 is 0 Å². The van der Waals surface area contributed by atoms with Crippen molar-refractivity contribution < 1.29 is 0 Å². The Morgan fingerprint density at radius 1 is 1.25 bits per heavy atom. The highest BCUT2D eigenvalue weighted by molar-refractivity contribution is 14.0. The third-order valence-corrected chi connectivity index (χ3v) is 3.61. The van der Waals surface area contributed by atoms with Crippen molar-refractivity contribution in [2.45, 2.75) is 33.2 Å². The maximum atomic E-state index is 4.72. The van der Waals surface area contributed by atoms with Crippen molar-refractivity contribution in [3.05, 3.63) is 48.3 Å². The van der Waals surface area contributed by atoms with Gasteiger partial charge in [-0.3, -0.25) is 0 Å². The van der Waals surface area contributed by atoms with Crippen molar-refractivity contribution in [1.82, 2.24) is 20.0 Å². The molecule has 2 aromatic rings. The maximum absolute atomic E-state index is 4.72. The van der Waals surface area contributed by atoms with E-state index in [0.717, 1.165) is 30.3 Å². The summed E-state index contributed by atoms with van der Waals surface area (Å²) < 4.78 is 1.89. The number of nitrogens with one attached hydrogen (secondary N) is 1. The molecular formula is C18H28IN5. The van der Waals surface area contributed by atoms with Gasteiger partial charge in [0.1, 0.15) is 0 Å². The van der Waals surface area contributed by atoms with Crippen LogP contribution in [-0.2, 0) is 6.54 Å². The first-order valence-electron chi connectivity index (χ1n) is 8.33. The van der Waals surface area contributed by atoms with E-state index in [0.29, 0.717) is 6.54 Å². The Morgan fingerprint density at radius 3 is 2.67 bits per heavy atom. The minimum absolute atomic E-state index is 0. The molecule has 1 aromatic carbocycles. The largest absolute Gasteiger partial charge is 0.357 e. The van der Waals surface area contributed by atoms with Gasteiger partial charge in [0.25, 0.3) is 0 Å². The Morgan fingerprint density at radius 2 is 2.00 bits per heavy atom. The van der Waals surface area contributed by atoms with Crippen LogP contribution in [0.2, 0.25) is 0 Å². The molecule has 0 saturated heterocycles. The molecule has 1 aromatic heterocycles. The van der Waals surface area contributed by atoms with Crippen LogP contribution in [0, 0.1) is 0 Å². The molecule has 0 saturated carbocycles. The topological polar surface area (TPSA) is 45.5 Å². The molecule has 0 aliphatic rings. The van der Waals surface area contributed by atoms with E-state index in [1.54, 1.807) is 0 Å². The third-order valence-electron chi connectivity index (χ3n) is 3.61. The number of para-hydroxylation sites is 1. The van der Waals surface area contributed by atoms with Crippen LogP contribution in [0.15, 0.2) is 47.7 Å². The minimum Gasteiger partial charge on any atom is -0.357 e. The zero-order chi connectivity index (χ0) is 16.5. The lowest BCUT2D eigenvalue weighted by atomic mass is 10.3. The summed E-state index contributed by atoms with van der Waals surface area (Å²) >= 11 is 0. The van der Waals surface area contributed by atoms with Crippen molar-refractivity contribution in [2.75, 3.05) is 20.1 Å². The number of guanidine groups is 1. The molecule has 0 aliphatic heterocycles. The summed E-state index contributed by atoms with van der Waals surface area (Å²) in [5.74, 6) is 0.952. The smallest absolute Gasteiger partial charge is 0.193 e. The number of benzene rings is 1. The van der Waals surface area contributed by atoms with E-state index in [1.807, 2.05) is 47.4 Å². The number of aliphatic imine (C=N–C) groups is 1. The van der Waals surface area contributed by atoms with Crippen molar-refractivity contribution in [3.8, 4) is 5.69 Å². The maximum Gasteiger partial charge on any atom is 0.193 e. The van der Waals surface area contributed by atoms with Crippen LogP contribution < -0.4 is 5.32 Å². The molecule has 132 valence electrons. The zero-order valence-corrected chi connectivity index (χ0v) is 17.1. The number of hydrogen-bond donors (Lipinski definition) is 1. The van der Waals surface area contributed by atoms with Crippen LogP contribution in [0.25, 0.3) is 5.69 Å². The lowest BCUT2D eigenvalue weighted by molar-refractivity contribution is 0.465. The fourth-order valence-corrected chi connectivity index (χ4v) is 2.30. The highest BCUT2D eigenvalue weighted by Gasteiger charge is 2.05. The summed E-state index contributed by atoms with van der Waals surface area (Å²) in [6.07, 6.45) is 6.28. The summed E-state index contributed by atoms with van der Waals surface area (Å²) in [6, 6.07) is 10.1. The van der Waals surface area contributed by atoms with Crippen molar-refractivity contribution >= 4 is 29.9 Å². The van der Waals surface area contributed by atoms with Gasteiger partial charge in [0.2, 0.25) is 0 Å². The Hall–Kier alpha value is -1.57. The lowest BCUT2D eigenvalue weighted by Crippen LogP contribution is -2.39. The molecule has 0 bridgehead atoms. The molecule has 1 N–H and O–H groups in total. The molecule has 0 fully saturated rings. The van der Waals surface area contributed by atoms with Gasteiger partial charge in [-0.2, -0.15) is 5.10 Å². The number of aromatic nitrogens is 2. The quantitative estimate of drug-likeness (QED) is 0.405. The number of nitrogens with zero attached hydrogens (tertiary/aromatic N) is 4. The molecule has 2 rings (SSSR count). The predicted molar refractivity (Wildman–Crippen MR) is 111 cm³/mol. The van der Waals surface area contributed by atoms with Crippen LogP contribution in [0.5, 0.6) is 0 Å². The summed E-state index contributed by atoms with van der Waals surface area (Å²) in [6.45, 7) is 6.82. The van der Waals surface area contributed by atoms with Crippen molar-refractivity contribution in [1.29, 1.82) is 0 Å². The first-order valence-corrected chi connectivity index (χ1v) is 8.33. The van der Waals surface area contributed by atoms with E-state index in [1.165, 1.54) is 12.8 Å². The van der Waals surface area contributed by atoms with Gasteiger partial charge in [-0.15, -0.1) is 24.0 Å². The summed E-state index contributed by atoms with van der Waals surface area (Å²) in [4.78, 5) is 6.91. The molecule has 24 heavy (non-hydrogen) atoms.